The molecule has 13 nitrogen and oxygen atoms in total. The molecule has 0 aliphatic rings. The first-order valence-corrected chi connectivity index (χ1v) is 16.4. The number of alkyl halides is 3. The number of aromatic nitrogens is 3. The number of anilines is 1. The first kappa shape index (κ1) is 36.1. The van der Waals surface area contributed by atoms with Crippen LogP contribution in [0.1, 0.15) is 32.6 Å². The van der Waals surface area contributed by atoms with Crippen LogP contribution in [0.4, 0.5) is 18.9 Å². The highest BCUT2D eigenvalue weighted by Gasteiger charge is 2.35. The number of amides is 1. The minimum absolute atomic E-state index is 0.0355. The van der Waals surface area contributed by atoms with Crippen molar-refractivity contribution < 1.29 is 35.9 Å². The Kier molecular flexibility index (Phi) is 12.0. The van der Waals surface area contributed by atoms with Crippen molar-refractivity contribution in [2.24, 2.45) is 15.9 Å². The van der Waals surface area contributed by atoms with Gasteiger partial charge in [-0.1, -0.05) is 18.2 Å². The Morgan fingerprint density at radius 3 is 2.58 bits per heavy atom. The van der Waals surface area contributed by atoms with Gasteiger partial charge in [0.2, 0.25) is 15.8 Å². The summed E-state index contributed by atoms with van der Waals surface area (Å²) in [5.41, 5.74) is 1.97. The Labute approximate surface area is 275 Å². The van der Waals surface area contributed by atoms with E-state index in [-0.39, 0.29) is 50.8 Å². The minimum atomic E-state index is -4.81. The van der Waals surface area contributed by atoms with Crippen molar-refractivity contribution in [2.75, 3.05) is 44.5 Å². The number of nitrogens with two attached hydrogens (primary N) is 1. The summed E-state index contributed by atoms with van der Waals surface area (Å²) < 4.78 is 79.1. The highest BCUT2D eigenvalue weighted by Crippen LogP contribution is 2.34. The van der Waals surface area contributed by atoms with E-state index >= 15 is 0 Å². The Morgan fingerprint density at radius 2 is 1.85 bits per heavy atom. The summed E-state index contributed by atoms with van der Waals surface area (Å²) >= 11 is 0. The van der Waals surface area contributed by atoms with Gasteiger partial charge in [0.15, 0.2) is 0 Å². The molecule has 256 valence electrons. The van der Waals surface area contributed by atoms with Gasteiger partial charge in [0.1, 0.15) is 5.71 Å². The Bertz CT molecular complexity index is 1930. The fourth-order valence-corrected chi connectivity index (χ4v) is 4.87. The van der Waals surface area contributed by atoms with Gasteiger partial charge in [-0.2, -0.15) is 18.3 Å². The molecule has 0 spiro atoms. The quantitative estimate of drug-likeness (QED) is 0.0733. The molecule has 0 aliphatic heterocycles. The number of hydrogen-bond donors (Lipinski definition) is 3. The maximum absolute atomic E-state index is 14.1. The number of nitrogens with one attached hydrogen (secondary N) is 2. The molecule has 4 rings (SSSR count). The van der Waals surface area contributed by atoms with Crippen molar-refractivity contribution >= 4 is 39.3 Å². The summed E-state index contributed by atoms with van der Waals surface area (Å²) in [6.45, 7) is 4.08. The zero-order chi connectivity index (χ0) is 34.9. The van der Waals surface area contributed by atoms with Gasteiger partial charge in [-0.05, 0) is 48.7 Å². The maximum atomic E-state index is 14.1. The third-order valence-corrected chi connectivity index (χ3v) is 7.50. The number of imidazole rings is 1. The van der Waals surface area contributed by atoms with Crippen molar-refractivity contribution in [3.05, 3.63) is 82.8 Å². The normalized spacial score (nSPS) is 12.7. The van der Waals surface area contributed by atoms with Crippen molar-refractivity contribution in [3.63, 3.8) is 0 Å². The second-order valence-corrected chi connectivity index (χ2v) is 12.6. The lowest BCUT2D eigenvalue weighted by Crippen LogP contribution is -2.26. The van der Waals surface area contributed by atoms with E-state index in [1.165, 1.54) is 12.3 Å². The lowest BCUT2D eigenvalue weighted by atomic mass is 10.0. The number of aliphatic imine (C=N–C) groups is 1. The molecule has 2 aromatic heterocycles. The standard InChI is InChI=1S/C31H35F3N8O5S/c1-20-14-37-30-40-28(18-42(30)17-20)23-6-4-21(2)27(13-23)39-29(43)25-7-5-22(12-26(25)31(32,33)34)15-36-16-24(41-35)19-47-11-10-46-9-8-38-48(3,44)45/h4-7,12-14,16-18,38H,8-11,15,19,35H2,1-3H3,(H,39,43)/b36-16?,41-24+. The van der Waals surface area contributed by atoms with Crippen molar-refractivity contribution in [1.82, 2.24) is 19.1 Å². The van der Waals surface area contributed by atoms with Crippen LogP contribution in [0.25, 0.3) is 17.0 Å². The number of nitrogens with zero attached hydrogens (tertiary/aromatic N) is 5. The first-order valence-electron chi connectivity index (χ1n) is 14.5. The Balaban J connectivity index is 1.38. The predicted octanol–water partition coefficient (Wildman–Crippen LogP) is 3.75. The van der Waals surface area contributed by atoms with Crippen LogP contribution in [0.15, 0.2) is 65.1 Å². The summed E-state index contributed by atoms with van der Waals surface area (Å²) in [6.07, 6.45) is 2.86. The van der Waals surface area contributed by atoms with E-state index < -0.39 is 33.2 Å². The number of benzene rings is 2. The lowest BCUT2D eigenvalue weighted by Gasteiger charge is -2.15. The molecule has 2 aromatic carbocycles. The van der Waals surface area contributed by atoms with E-state index in [1.54, 1.807) is 35.9 Å². The molecular formula is C31H35F3N8O5S. The highest BCUT2D eigenvalue weighted by molar-refractivity contribution is 7.88. The maximum Gasteiger partial charge on any atom is 0.417 e. The number of ether oxygens (including phenoxy) is 2. The van der Waals surface area contributed by atoms with Crippen LogP contribution in [-0.2, 0) is 32.2 Å². The number of fused-ring (bicyclic) bond motifs is 1. The van der Waals surface area contributed by atoms with Gasteiger partial charge < -0.3 is 20.6 Å². The van der Waals surface area contributed by atoms with Gasteiger partial charge in [0.25, 0.3) is 5.91 Å². The van der Waals surface area contributed by atoms with E-state index in [0.29, 0.717) is 28.3 Å². The van der Waals surface area contributed by atoms with Crippen molar-refractivity contribution in [3.8, 4) is 11.3 Å². The van der Waals surface area contributed by atoms with Crippen molar-refractivity contribution in [1.29, 1.82) is 0 Å². The molecular weight excluding hydrogens is 653 g/mol. The summed E-state index contributed by atoms with van der Waals surface area (Å²) in [7, 11) is -3.29. The number of hydrazone groups is 1. The van der Waals surface area contributed by atoms with Gasteiger partial charge >= 0.3 is 6.18 Å². The van der Waals surface area contributed by atoms with E-state index in [1.807, 2.05) is 19.2 Å². The molecule has 0 unspecified atom stereocenters. The van der Waals surface area contributed by atoms with E-state index in [9.17, 15) is 26.4 Å². The molecule has 0 aliphatic carbocycles. The highest BCUT2D eigenvalue weighted by atomic mass is 32.2. The molecule has 2 heterocycles. The average molecular weight is 689 g/mol. The minimum Gasteiger partial charge on any atom is -0.378 e. The third-order valence-electron chi connectivity index (χ3n) is 6.77. The lowest BCUT2D eigenvalue weighted by molar-refractivity contribution is -0.137. The molecule has 0 saturated heterocycles. The van der Waals surface area contributed by atoms with Crippen LogP contribution in [0, 0.1) is 13.8 Å². The molecule has 17 heteroatoms. The molecule has 0 bridgehead atoms. The zero-order valence-electron chi connectivity index (χ0n) is 26.4. The number of sulfonamides is 1. The monoisotopic (exact) mass is 688 g/mol. The number of halogens is 3. The topological polar surface area (TPSA) is 175 Å². The van der Waals surface area contributed by atoms with Crippen molar-refractivity contribution in [2.45, 2.75) is 26.6 Å². The van der Waals surface area contributed by atoms with Gasteiger partial charge in [-0.15, -0.1) is 0 Å². The zero-order valence-corrected chi connectivity index (χ0v) is 27.2. The molecule has 0 fully saturated rings. The summed E-state index contributed by atoms with van der Waals surface area (Å²) in [5.74, 6) is 4.93. The van der Waals surface area contributed by atoms with E-state index in [4.69, 9.17) is 15.3 Å². The average Bonchev–Trinajstić information content (AvgIpc) is 3.44. The fourth-order valence-electron chi connectivity index (χ4n) is 4.41. The summed E-state index contributed by atoms with van der Waals surface area (Å²) in [6, 6.07) is 8.60. The first-order chi connectivity index (χ1) is 22.7. The number of hydrogen-bond acceptors (Lipinski definition) is 10. The van der Waals surface area contributed by atoms with E-state index in [0.717, 1.165) is 24.0 Å². The van der Waals surface area contributed by atoms with Crippen LogP contribution in [0.2, 0.25) is 0 Å². The molecule has 0 saturated carbocycles. The van der Waals surface area contributed by atoms with Crippen LogP contribution in [0.3, 0.4) is 0 Å². The molecule has 1 amide bonds. The van der Waals surface area contributed by atoms with Crippen LogP contribution in [-0.4, -0.2) is 79.8 Å². The largest absolute Gasteiger partial charge is 0.417 e. The van der Waals surface area contributed by atoms with Gasteiger partial charge in [-0.25, -0.2) is 23.1 Å². The van der Waals surface area contributed by atoms with Crippen LogP contribution in [0.5, 0.6) is 0 Å². The number of rotatable bonds is 15. The van der Waals surface area contributed by atoms with Gasteiger partial charge in [0.05, 0.1) is 56.0 Å². The molecule has 4 aromatic rings. The predicted molar refractivity (Wildman–Crippen MR) is 176 cm³/mol. The number of carbonyl (C=O) groups is 1. The molecule has 48 heavy (non-hydrogen) atoms. The van der Waals surface area contributed by atoms with Crippen LogP contribution >= 0.6 is 0 Å². The number of carbonyl (C=O) groups excluding carboxylic acids is 1. The van der Waals surface area contributed by atoms with E-state index in [2.05, 4.69) is 30.1 Å². The molecule has 0 atom stereocenters. The van der Waals surface area contributed by atoms with Crippen LogP contribution < -0.4 is 15.9 Å². The fraction of sp³-hybridized carbons (Fsp3) is 0.323. The Morgan fingerprint density at radius 1 is 1.08 bits per heavy atom. The van der Waals surface area contributed by atoms with Gasteiger partial charge in [0, 0.05) is 42.6 Å². The SMILES string of the molecule is Cc1cnc2nc(-c3ccc(C)c(NC(=O)c4ccc(CN=C/C(COCCOCCNS(C)(=O)=O)=N\N)cc4C(F)(F)F)c3)cn2c1. The summed E-state index contributed by atoms with van der Waals surface area (Å²) in [5, 5.41) is 6.18. The van der Waals surface area contributed by atoms with Gasteiger partial charge in [-0.3, -0.25) is 14.2 Å². The number of aryl methyl sites for hydroxylation is 2. The summed E-state index contributed by atoms with van der Waals surface area (Å²) in [4.78, 5) is 26.1. The third kappa shape index (κ3) is 10.4. The smallest absolute Gasteiger partial charge is 0.378 e. The second-order valence-electron chi connectivity index (χ2n) is 10.7. The second kappa shape index (κ2) is 15.9. The molecule has 0 radical (unpaired) electrons. The Hall–Kier alpha value is -4.71. The molecule has 4 N–H and O–H groups in total.